The van der Waals surface area contributed by atoms with Gasteiger partial charge in [-0.25, -0.2) is 0 Å². The molecule has 3 aromatic carbocycles. The number of hydrogen-bond acceptors (Lipinski definition) is 11. The van der Waals surface area contributed by atoms with Gasteiger partial charge in [0.15, 0.2) is 12.6 Å². The number of aliphatic hydroxyl groups excluding tert-OH is 7. The quantitative estimate of drug-likeness (QED) is 0.188. The molecule has 2 fully saturated rings. The van der Waals surface area contributed by atoms with Gasteiger partial charge in [0.2, 0.25) is 0 Å². The van der Waals surface area contributed by atoms with Gasteiger partial charge in [0.05, 0.1) is 19.8 Å². The summed E-state index contributed by atoms with van der Waals surface area (Å²) in [5.74, 6) is 0. The van der Waals surface area contributed by atoms with Crippen LogP contribution < -0.4 is 0 Å². The van der Waals surface area contributed by atoms with Gasteiger partial charge in [0, 0.05) is 0 Å². The maximum absolute atomic E-state index is 10.6. The van der Waals surface area contributed by atoms with E-state index in [1.807, 2.05) is 48.5 Å². The third-order valence-corrected chi connectivity index (χ3v) is 7.22. The van der Waals surface area contributed by atoms with Crippen molar-refractivity contribution in [1.82, 2.24) is 0 Å². The van der Waals surface area contributed by atoms with E-state index in [0.29, 0.717) is 0 Å². The monoisotopic (exact) mass is 532 g/mol. The van der Waals surface area contributed by atoms with E-state index in [2.05, 4.69) is 6.07 Å². The van der Waals surface area contributed by atoms with Gasteiger partial charge in [-0.05, 0) is 33.2 Å². The number of aliphatic hydroxyl groups is 7. The lowest BCUT2D eigenvalue weighted by Gasteiger charge is -2.42. The first-order chi connectivity index (χ1) is 18.3. The van der Waals surface area contributed by atoms with Crippen molar-refractivity contribution in [3.8, 4) is 0 Å². The second-order valence-electron chi connectivity index (χ2n) is 9.65. The fourth-order valence-corrected chi connectivity index (χ4v) is 5.02. The van der Waals surface area contributed by atoms with Crippen LogP contribution in [-0.4, -0.2) is 110 Å². The molecule has 38 heavy (non-hydrogen) atoms. The van der Waals surface area contributed by atoms with Gasteiger partial charge in [0.1, 0.15) is 48.8 Å². The van der Waals surface area contributed by atoms with Crippen LogP contribution in [0.2, 0.25) is 0 Å². The average Bonchev–Trinajstić information content (AvgIpc) is 2.94. The first-order valence-corrected chi connectivity index (χ1v) is 12.4. The van der Waals surface area contributed by atoms with Crippen LogP contribution in [0.25, 0.3) is 21.5 Å². The number of ether oxygens (including phenoxy) is 4. The second kappa shape index (κ2) is 11.5. The highest BCUT2D eigenvalue weighted by atomic mass is 16.7. The predicted molar refractivity (Wildman–Crippen MR) is 133 cm³/mol. The number of fused-ring (bicyclic) bond motifs is 2. The van der Waals surface area contributed by atoms with E-state index < -0.39 is 74.6 Å². The molecule has 0 unspecified atom stereocenters. The van der Waals surface area contributed by atoms with Crippen molar-refractivity contribution in [2.75, 3.05) is 13.2 Å². The minimum absolute atomic E-state index is 0.0344. The highest BCUT2D eigenvalue weighted by molar-refractivity contribution is 6.02. The molecule has 2 aliphatic heterocycles. The van der Waals surface area contributed by atoms with Gasteiger partial charge in [-0.3, -0.25) is 0 Å². The summed E-state index contributed by atoms with van der Waals surface area (Å²) in [6.45, 7) is -1.02. The summed E-state index contributed by atoms with van der Waals surface area (Å²) in [4.78, 5) is 0. The summed E-state index contributed by atoms with van der Waals surface area (Å²) in [7, 11) is 0. The molecule has 0 spiro atoms. The predicted octanol–water partition coefficient (Wildman–Crippen LogP) is -0.866. The normalized spacial score (nSPS) is 36.1. The average molecular weight is 533 g/mol. The van der Waals surface area contributed by atoms with Crippen molar-refractivity contribution < 1.29 is 54.7 Å². The zero-order chi connectivity index (χ0) is 27.0. The van der Waals surface area contributed by atoms with Crippen molar-refractivity contribution in [3.63, 3.8) is 0 Å². The lowest BCUT2D eigenvalue weighted by molar-refractivity contribution is -0.332. The van der Waals surface area contributed by atoms with Crippen LogP contribution in [-0.2, 0) is 25.6 Å². The molecule has 7 N–H and O–H groups in total. The molecule has 0 aromatic heterocycles. The molecule has 0 amide bonds. The Hall–Kier alpha value is -2.26. The fraction of sp³-hybridized carbons (Fsp3) is 0.481. The van der Waals surface area contributed by atoms with Crippen molar-refractivity contribution in [2.45, 2.75) is 68.0 Å². The van der Waals surface area contributed by atoms with Crippen LogP contribution in [0.1, 0.15) is 5.56 Å². The summed E-state index contributed by atoms with van der Waals surface area (Å²) < 4.78 is 22.5. The van der Waals surface area contributed by atoms with E-state index in [-0.39, 0.29) is 6.61 Å². The Labute approximate surface area is 218 Å². The third-order valence-electron chi connectivity index (χ3n) is 7.22. The van der Waals surface area contributed by atoms with Gasteiger partial charge in [-0.15, -0.1) is 0 Å². The van der Waals surface area contributed by atoms with E-state index >= 15 is 0 Å². The number of benzene rings is 3. The van der Waals surface area contributed by atoms with E-state index in [4.69, 9.17) is 18.9 Å². The molecule has 10 atom stereocenters. The van der Waals surface area contributed by atoms with Crippen LogP contribution in [0.5, 0.6) is 0 Å². The molecular weight excluding hydrogens is 500 g/mol. The highest BCUT2D eigenvalue weighted by Gasteiger charge is 2.47. The van der Waals surface area contributed by atoms with Crippen molar-refractivity contribution >= 4 is 21.5 Å². The zero-order valence-electron chi connectivity index (χ0n) is 20.4. The first kappa shape index (κ1) is 27.3. The molecule has 11 heteroatoms. The Bertz CT molecular complexity index is 1180. The van der Waals surface area contributed by atoms with Crippen molar-refractivity contribution in [1.29, 1.82) is 0 Å². The lowest BCUT2D eigenvalue weighted by atomic mass is 9.97. The molecule has 2 heterocycles. The number of hydrogen-bond donors (Lipinski definition) is 7. The molecule has 0 saturated carbocycles. The fourth-order valence-electron chi connectivity index (χ4n) is 5.02. The zero-order valence-corrected chi connectivity index (χ0v) is 20.4. The van der Waals surface area contributed by atoms with Gasteiger partial charge >= 0.3 is 0 Å². The standard InChI is InChI=1S/C27H32O11/c28-10-18-20(29)22(31)24(33)27(37-18)36-12-19-21(30)23(32)25(34)26(38-19)35-11-17-15-7-3-1-5-13(15)9-14-6-2-4-8-16(14)17/h1-9,18-34H,10-12H2/t18-,19-,20+,21+,22-,23-,24-,25-,26+,27+/m0/s1. The maximum atomic E-state index is 10.6. The largest absolute Gasteiger partial charge is 0.394 e. The topological polar surface area (TPSA) is 179 Å². The van der Waals surface area contributed by atoms with Crippen molar-refractivity contribution in [3.05, 3.63) is 60.2 Å². The minimum Gasteiger partial charge on any atom is -0.394 e. The third kappa shape index (κ3) is 5.16. The summed E-state index contributed by atoms with van der Waals surface area (Å²) in [5.41, 5.74) is 0.865. The van der Waals surface area contributed by atoms with Gasteiger partial charge in [-0.2, -0.15) is 0 Å². The Morgan fingerprint density at radius 1 is 0.605 bits per heavy atom. The summed E-state index contributed by atoms with van der Waals surface area (Å²) in [6.07, 6.45) is -14.7. The van der Waals surface area contributed by atoms with E-state index in [0.717, 1.165) is 27.1 Å². The van der Waals surface area contributed by atoms with Gasteiger partial charge in [-0.1, -0.05) is 48.5 Å². The lowest BCUT2D eigenvalue weighted by Crippen LogP contribution is -2.61. The molecule has 0 radical (unpaired) electrons. The molecular formula is C27H32O11. The van der Waals surface area contributed by atoms with E-state index in [1.165, 1.54) is 0 Å². The van der Waals surface area contributed by atoms with Gasteiger partial charge < -0.3 is 54.7 Å². The molecule has 5 rings (SSSR count). The molecule has 3 aromatic rings. The summed E-state index contributed by atoms with van der Waals surface area (Å²) >= 11 is 0. The smallest absolute Gasteiger partial charge is 0.187 e. The van der Waals surface area contributed by atoms with Crippen LogP contribution in [0.3, 0.4) is 0 Å². The van der Waals surface area contributed by atoms with Gasteiger partial charge in [0.25, 0.3) is 0 Å². The Morgan fingerprint density at radius 2 is 1.11 bits per heavy atom. The summed E-state index contributed by atoms with van der Waals surface area (Å²) in [5, 5.41) is 74.9. The Morgan fingerprint density at radius 3 is 1.68 bits per heavy atom. The molecule has 2 aliphatic rings. The van der Waals surface area contributed by atoms with Crippen LogP contribution in [0.4, 0.5) is 0 Å². The van der Waals surface area contributed by atoms with Crippen LogP contribution >= 0.6 is 0 Å². The van der Waals surface area contributed by atoms with Crippen molar-refractivity contribution in [2.24, 2.45) is 0 Å². The van der Waals surface area contributed by atoms with E-state index in [1.54, 1.807) is 0 Å². The maximum Gasteiger partial charge on any atom is 0.187 e. The molecule has 2 saturated heterocycles. The van der Waals surface area contributed by atoms with Crippen LogP contribution in [0, 0.1) is 0 Å². The molecule has 0 bridgehead atoms. The minimum atomic E-state index is -1.64. The highest BCUT2D eigenvalue weighted by Crippen LogP contribution is 2.31. The Kier molecular flexibility index (Phi) is 8.24. The van der Waals surface area contributed by atoms with Crippen LogP contribution in [0.15, 0.2) is 54.6 Å². The Balaban J connectivity index is 1.30. The molecule has 11 nitrogen and oxygen atoms in total. The molecule has 0 aliphatic carbocycles. The van der Waals surface area contributed by atoms with E-state index in [9.17, 15) is 35.7 Å². The summed E-state index contributed by atoms with van der Waals surface area (Å²) in [6, 6.07) is 17.7. The SMILES string of the molecule is OC[C@@H]1O[C@@H](OC[C@@H]2O[C@@H](OCc3c4ccccc4cc4ccccc34)[C@@H](O)[C@@H](O)[C@@H]2O)[C@@H](O)[C@@H](O)[C@@H]1O. The number of rotatable bonds is 7. The molecule has 206 valence electrons. The first-order valence-electron chi connectivity index (χ1n) is 12.4. The second-order valence-corrected chi connectivity index (χ2v) is 9.65.